The molecule has 0 aromatic heterocycles. The number of rotatable bonds is 6. The quantitative estimate of drug-likeness (QED) is 0.770. The summed E-state index contributed by atoms with van der Waals surface area (Å²) in [7, 11) is 0. The number of hydrogen-bond acceptors (Lipinski definition) is 2. The Kier molecular flexibility index (Phi) is 5.37. The first-order chi connectivity index (χ1) is 7.26. The summed E-state index contributed by atoms with van der Waals surface area (Å²) >= 11 is 0. The summed E-state index contributed by atoms with van der Waals surface area (Å²) in [5, 5.41) is 0. The van der Waals surface area contributed by atoms with Crippen LogP contribution in [0, 0.1) is 0 Å². The van der Waals surface area contributed by atoms with E-state index in [-0.39, 0.29) is 6.04 Å². The monoisotopic (exact) mass is 206 g/mol. The second kappa shape index (κ2) is 6.59. The van der Waals surface area contributed by atoms with Gasteiger partial charge in [0.25, 0.3) is 0 Å². The minimum absolute atomic E-state index is 0.243. The third-order valence-corrected chi connectivity index (χ3v) is 2.73. The molecule has 0 spiro atoms. The molecule has 2 nitrogen and oxygen atoms in total. The third-order valence-electron chi connectivity index (χ3n) is 2.73. The summed E-state index contributed by atoms with van der Waals surface area (Å²) in [6, 6.07) is 10.7. The lowest BCUT2D eigenvalue weighted by molar-refractivity contribution is 0.282. The lowest BCUT2D eigenvalue weighted by Crippen LogP contribution is -2.38. The fourth-order valence-corrected chi connectivity index (χ4v) is 1.79. The molecule has 1 rings (SSSR count). The summed E-state index contributed by atoms with van der Waals surface area (Å²) in [6.45, 7) is 7.51. The first-order valence-corrected chi connectivity index (χ1v) is 5.78. The van der Waals surface area contributed by atoms with Gasteiger partial charge in [-0.25, -0.2) is 0 Å². The van der Waals surface area contributed by atoms with Crippen molar-refractivity contribution >= 4 is 0 Å². The van der Waals surface area contributed by atoms with Gasteiger partial charge in [0, 0.05) is 12.6 Å². The van der Waals surface area contributed by atoms with Crippen LogP contribution in [0.25, 0.3) is 0 Å². The molecule has 0 heterocycles. The van der Waals surface area contributed by atoms with Crippen molar-refractivity contribution in [2.24, 2.45) is 5.73 Å². The van der Waals surface area contributed by atoms with Crippen molar-refractivity contribution in [2.45, 2.75) is 26.3 Å². The zero-order chi connectivity index (χ0) is 11.1. The van der Waals surface area contributed by atoms with Gasteiger partial charge in [-0.05, 0) is 25.1 Å². The highest BCUT2D eigenvalue weighted by Gasteiger charge is 2.07. The van der Waals surface area contributed by atoms with Gasteiger partial charge in [-0.1, -0.05) is 44.2 Å². The number of likely N-dealkylation sites (N-methyl/N-ethyl adjacent to an activating group) is 1. The van der Waals surface area contributed by atoms with Crippen molar-refractivity contribution in [1.29, 1.82) is 0 Å². The fourth-order valence-electron chi connectivity index (χ4n) is 1.79. The summed E-state index contributed by atoms with van der Waals surface area (Å²) in [4.78, 5) is 2.37. The first-order valence-electron chi connectivity index (χ1n) is 5.78. The van der Waals surface area contributed by atoms with Gasteiger partial charge in [-0.15, -0.1) is 0 Å². The fraction of sp³-hybridized carbons (Fsp3) is 0.538. The maximum absolute atomic E-state index is 6.12. The molecular formula is C13H22N2. The number of nitrogens with two attached hydrogens (primary N) is 1. The van der Waals surface area contributed by atoms with Crippen LogP contribution in [0.5, 0.6) is 0 Å². The lowest BCUT2D eigenvalue weighted by atomic mass is 10.1. The van der Waals surface area contributed by atoms with Crippen LogP contribution in [0.4, 0.5) is 0 Å². The van der Waals surface area contributed by atoms with E-state index in [0.717, 1.165) is 26.1 Å². The van der Waals surface area contributed by atoms with Crippen molar-refractivity contribution in [3.63, 3.8) is 0 Å². The van der Waals surface area contributed by atoms with E-state index < -0.39 is 0 Å². The Bertz CT molecular complexity index is 254. The Morgan fingerprint density at radius 1 is 1.13 bits per heavy atom. The molecule has 0 bridgehead atoms. The molecule has 0 radical (unpaired) electrons. The Morgan fingerprint density at radius 3 is 2.27 bits per heavy atom. The van der Waals surface area contributed by atoms with Gasteiger partial charge < -0.3 is 10.6 Å². The molecule has 0 amide bonds. The molecule has 0 aliphatic carbocycles. The molecule has 1 aromatic rings. The SMILES string of the molecule is CCN(CC)CC(N)Cc1ccccc1. The van der Waals surface area contributed by atoms with Gasteiger partial charge in [-0.2, -0.15) is 0 Å². The molecule has 0 aliphatic rings. The number of hydrogen-bond donors (Lipinski definition) is 1. The van der Waals surface area contributed by atoms with Gasteiger partial charge in [0.1, 0.15) is 0 Å². The van der Waals surface area contributed by atoms with E-state index >= 15 is 0 Å². The van der Waals surface area contributed by atoms with E-state index in [1.807, 2.05) is 6.07 Å². The van der Waals surface area contributed by atoms with Crippen LogP contribution in [-0.4, -0.2) is 30.6 Å². The van der Waals surface area contributed by atoms with Crippen LogP contribution >= 0.6 is 0 Å². The molecule has 0 aliphatic heterocycles. The van der Waals surface area contributed by atoms with E-state index in [0.29, 0.717) is 0 Å². The lowest BCUT2D eigenvalue weighted by Gasteiger charge is -2.22. The molecule has 1 unspecified atom stereocenters. The normalized spacial score (nSPS) is 13.1. The second-order valence-corrected chi connectivity index (χ2v) is 3.94. The largest absolute Gasteiger partial charge is 0.326 e. The topological polar surface area (TPSA) is 29.3 Å². The second-order valence-electron chi connectivity index (χ2n) is 3.94. The zero-order valence-corrected chi connectivity index (χ0v) is 9.82. The highest BCUT2D eigenvalue weighted by Crippen LogP contribution is 2.03. The molecule has 0 saturated carbocycles. The number of nitrogens with zero attached hydrogens (tertiary/aromatic N) is 1. The average Bonchev–Trinajstić information content (AvgIpc) is 2.27. The molecule has 1 atom stereocenters. The molecule has 1 aromatic carbocycles. The molecule has 0 fully saturated rings. The Morgan fingerprint density at radius 2 is 1.73 bits per heavy atom. The number of benzene rings is 1. The minimum Gasteiger partial charge on any atom is -0.326 e. The van der Waals surface area contributed by atoms with Crippen molar-refractivity contribution in [3.8, 4) is 0 Å². The predicted molar refractivity (Wildman–Crippen MR) is 65.9 cm³/mol. The molecule has 15 heavy (non-hydrogen) atoms. The van der Waals surface area contributed by atoms with Gasteiger partial charge in [0.2, 0.25) is 0 Å². The third kappa shape index (κ3) is 4.45. The van der Waals surface area contributed by atoms with Crippen LogP contribution in [0.15, 0.2) is 30.3 Å². The highest BCUT2D eigenvalue weighted by atomic mass is 15.1. The smallest absolute Gasteiger partial charge is 0.0208 e. The summed E-state index contributed by atoms with van der Waals surface area (Å²) in [5.74, 6) is 0. The zero-order valence-electron chi connectivity index (χ0n) is 9.82. The van der Waals surface area contributed by atoms with Crippen LogP contribution in [0.3, 0.4) is 0 Å². The van der Waals surface area contributed by atoms with Crippen molar-refractivity contribution < 1.29 is 0 Å². The van der Waals surface area contributed by atoms with Gasteiger partial charge in [0.05, 0.1) is 0 Å². The van der Waals surface area contributed by atoms with Crippen LogP contribution in [-0.2, 0) is 6.42 Å². The van der Waals surface area contributed by atoms with Crippen LogP contribution in [0.1, 0.15) is 19.4 Å². The van der Waals surface area contributed by atoms with E-state index in [9.17, 15) is 0 Å². The molecule has 2 N–H and O–H groups in total. The predicted octanol–water partition coefficient (Wildman–Crippen LogP) is 1.90. The van der Waals surface area contributed by atoms with Crippen LogP contribution < -0.4 is 5.73 Å². The minimum atomic E-state index is 0.243. The van der Waals surface area contributed by atoms with Gasteiger partial charge in [-0.3, -0.25) is 0 Å². The maximum atomic E-state index is 6.12. The Hall–Kier alpha value is -0.860. The van der Waals surface area contributed by atoms with Gasteiger partial charge in [0.15, 0.2) is 0 Å². The van der Waals surface area contributed by atoms with Gasteiger partial charge >= 0.3 is 0 Å². The van der Waals surface area contributed by atoms with Crippen molar-refractivity contribution in [3.05, 3.63) is 35.9 Å². The van der Waals surface area contributed by atoms with E-state index in [1.165, 1.54) is 5.56 Å². The van der Waals surface area contributed by atoms with Crippen LogP contribution in [0.2, 0.25) is 0 Å². The molecular weight excluding hydrogens is 184 g/mol. The molecule has 2 heteroatoms. The van der Waals surface area contributed by atoms with E-state index in [2.05, 4.69) is 43.0 Å². The molecule has 0 saturated heterocycles. The Balaban J connectivity index is 2.39. The van der Waals surface area contributed by atoms with E-state index in [1.54, 1.807) is 0 Å². The van der Waals surface area contributed by atoms with Crippen molar-refractivity contribution in [2.75, 3.05) is 19.6 Å². The first kappa shape index (κ1) is 12.2. The standard InChI is InChI=1S/C13H22N2/c1-3-15(4-2)11-13(14)10-12-8-6-5-7-9-12/h5-9,13H,3-4,10-11,14H2,1-2H3. The Labute approximate surface area is 93.1 Å². The molecule has 84 valence electrons. The average molecular weight is 206 g/mol. The maximum Gasteiger partial charge on any atom is 0.0208 e. The van der Waals surface area contributed by atoms with E-state index in [4.69, 9.17) is 5.73 Å². The van der Waals surface area contributed by atoms with Crippen molar-refractivity contribution in [1.82, 2.24) is 4.90 Å². The summed E-state index contributed by atoms with van der Waals surface area (Å²) < 4.78 is 0. The summed E-state index contributed by atoms with van der Waals surface area (Å²) in [6.07, 6.45) is 0.970. The summed E-state index contributed by atoms with van der Waals surface area (Å²) in [5.41, 5.74) is 7.45. The highest BCUT2D eigenvalue weighted by molar-refractivity contribution is 5.15.